The van der Waals surface area contributed by atoms with Gasteiger partial charge in [-0.15, -0.1) is 0 Å². The highest BCUT2D eigenvalue weighted by molar-refractivity contribution is 6.07. The number of ether oxygens (including phenoxy) is 1. The van der Waals surface area contributed by atoms with E-state index in [9.17, 15) is 14.7 Å². The first-order valence-electron chi connectivity index (χ1n) is 8.68. The number of rotatable bonds is 4. The Hall–Kier alpha value is -2.40. The number of β-lactam (4-membered cyclic amide) rings is 1. The van der Waals surface area contributed by atoms with Crippen molar-refractivity contribution in [3.63, 3.8) is 0 Å². The Kier molecular flexibility index (Phi) is 3.76. The average molecular weight is 339 g/mol. The van der Waals surface area contributed by atoms with Gasteiger partial charge in [0.05, 0.1) is 18.1 Å². The number of amides is 1. The van der Waals surface area contributed by atoms with E-state index in [1.165, 1.54) is 11.6 Å². The van der Waals surface area contributed by atoms with Crippen LogP contribution in [0, 0.1) is 11.8 Å². The zero-order valence-electron chi connectivity index (χ0n) is 14.1. The van der Waals surface area contributed by atoms with Gasteiger partial charge < -0.3 is 14.7 Å². The summed E-state index contributed by atoms with van der Waals surface area (Å²) in [6.45, 7) is 5.32. The van der Waals surface area contributed by atoms with Crippen LogP contribution < -0.4 is 0 Å². The molecule has 3 aliphatic rings. The molecule has 0 spiro atoms. The van der Waals surface area contributed by atoms with Crippen molar-refractivity contribution >= 4 is 17.4 Å². The normalized spacial score (nSPS) is 27.8. The first kappa shape index (κ1) is 16.1. The lowest BCUT2D eigenvalue weighted by molar-refractivity contribution is -0.164. The summed E-state index contributed by atoms with van der Waals surface area (Å²) in [5.41, 5.74) is 3.46. The van der Waals surface area contributed by atoms with E-state index in [-0.39, 0.29) is 24.5 Å². The summed E-state index contributed by atoms with van der Waals surface area (Å²) in [7, 11) is 0. The van der Waals surface area contributed by atoms with Crippen molar-refractivity contribution in [2.45, 2.75) is 31.9 Å². The monoisotopic (exact) mass is 339 g/mol. The van der Waals surface area contributed by atoms with Crippen LogP contribution in [-0.4, -0.2) is 40.6 Å². The first-order valence-corrected chi connectivity index (χ1v) is 8.68. The second-order valence-electron chi connectivity index (χ2n) is 6.92. The number of aliphatic hydroxyl groups excluding tert-OH is 1. The second kappa shape index (κ2) is 5.85. The standard InChI is InChI=1S/C20H21NO4/c1-3-10-25-20(24)18-16-13-7-5-4-6-12(13)8-9-14(16)17-15(11(2)22)19(23)21(17)18/h3-7,11,14-15,17,22H,1,8-10H2,2H3/t11-,14-,15-,17-/m1/s1. The van der Waals surface area contributed by atoms with Crippen molar-refractivity contribution in [2.24, 2.45) is 11.8 Å². The SMILES string of the molecule is C=CCOC(=O)C1=C2c3ccccc3CC[C@H]2[C@@H]2[C@@H]([C@@H](C)O)C(=O)N12. The number of benzene rings is 1. The van der Waals surface area contributed by atoms with Gasteiger partial charge in [-0.1, -0.05) is 36.9 Å². The molecule has 2 heterocycles. The molecule has 0 radical (unpaired) electrons. The molecular formula is C20H21NO4. The van der Waals surface area contributed by atoms with E-state index in [4.69, 9.17) is 4.74 Å². The molecule has 1 aromatic rings. The lowest BCUT2D eigenvalue weighted by Gasteiger charge is -2.47. The molecule has 5 nitrogen and oxygen atoms in total. The summed E-state index contributed by atoms with van der Waals surface area (Å²) in [6.07, 6.45) is 2.56. The Morgan fingerprint density at radius 2 is 2.24 bits per heavy atom. The molecule has 130 valence electrons. The van der Waals surface area contributed by atoms with Crippen LogP contribution in [0.15, 0.2) is 42.6 Å². The summed E-state index contributed by atoms with van der Waals surface area (Å²) in [4.78, 5) is 26.9. The van der Waals surface area contributed by atoms with E-state index in [0.29, 0.717) is 5.70 Å². The van der Waals surface area contributed by atoms with Crippen molar-refractivity contribution in [1.82, 2.24) is 4.90 Å². The molecule has 5 heteroatoms. The maximum Gasteiger partial charge on any atom is 0.355 e. The van der Waals surface area contributed by atoms with Crippen molar-refractivity contribution in [2.75, 3.05) is 6.61 Å². The van der Waals surface area contributed by atoms with Gasteiger partial charge in [-0.05, 0) is 36.5 Å². The molecule has 0 saturated carbocycles. The smallest absolute Gasteiger partial charge is 0.355 e. The zero-order chi connectivity index (χ0) is 17.7. The van der Waals surface area contributed by atoms with Crippen molar-refractivity contribution in [3.05, 3.63) is 53.7 Å². The van der Waals surface area contributed by atoms with Crippen LogP contribution in [-0.2, 0) is 20.7 Å². The molecule has 2 aliphatic heterocycles. The fourth-order valence-corrected chi connectivity index (χ4v) is 4.56. The Bertz CT molecular complexity index is 795. The summed E-state index contributed by atoms with van der Waals surface area (Å²) in [5.74, 6) is -1.06. The first-order chi connectivity index (χ1) is 12.1. The number of aryl methyl sites for hydroxylation is 1. The topological polar surface area (TPSA) is 66.8 Å². The molecular weight excluding hydrogens is 318 g/mol. The van der Waals surface area contributed by atoms with Crippen LogP contribution in [0.25, 0.3) is 5.57 Å². The van der Waals surface area contributed by atoms with Gasteiger partial charge in [0.15, 0.2) is 0 Å². The van der Waals surface area contributed by atoms with Gasteiger partial charge in [0.2, 0.25) is 5.91 Å². The largest absolute Gasteiger partial charge is 0.457 e. The van der Waals surface area contributed by atoms with Crippen LogP contribution in [0.1, 0.15) is 24.5 Å². The van der Waals surface area contributed by atoms with Crippen molar-refractivity contribution < 1.29 is 19.4 Å². The number of aliphatic hydroxyl groups is 1. The molecule has 1 fully saturated rings. The van der Waals surface area contributed by atoms with Crippen molar-refractivity contribution in [3.8, 4) is 0 Å². The minimum atomic E-state index is -0.726. The summed E-state index contributed by atoms with van der Waals surface area (Å²) in [6, 6.07) is 7.86. The number of fused-ring (bicyclic) bond motifs is 5. The van der Waals surface area contributed by atoms with Crippen LogP contribution in [0.2, 0.25) is 0 Å². The number of carbonyl (C=O) groups is 2. The third-order valence-electron chi connectivity index (χ3n) is 5.55. The predicted octanol–water partition coefficient (Wildman–Crippen LogP) is 1.91. The van der Waals surface area contributed by atoms with Crippen LogP contribution >= 0.6 is 0 Å². The fraction of sp³-hybridized carbons (Fsp3) is 0.400. The average Bonchev–Trinajstić information content (AvgIpc) is 2.90. The Morgan fingerprint density at radius 1 is 1.48 bits per heavy atom. The molecule has 0 unspecified atom stereocenters. The molecule has 4 atom stereocenters. The number of esters is 1. The van der Waals surface area contributed by atoms with Gasteiger partial charge in [0.25, 0.3) is 0 Å². The third-order valence-corrected chi connectivity index (χ3v) is 5.55. The summed E-state index contributed by atoms with van der Waals surface area (Å²) in [5, 5.41) is 10.0. The Labute approximate surface area is 146 Å². The molecule has 0 aromatic heterocycles. The fourth-order valence-electron chi connectivity index (χ4n) is 4.56. The lowest BCUT2D eigenvalue weighted by atomic mass is 9.71. The minimum absolute atomic E-state index is 0.0680. The number of nitrogens with zero attached hydrogens (tertiary/aromatic N) is 1. The second-order valence-corrected chi connectivity index (χ2v) is 6.92. The molecule has 1 aromatic carbocycles. The molecule has 1 aliphatic carbocycles. The van der Waals surface area contributed by atoms with E-state index >= 15 is 0 Å². The quantitative estimate of drug-likeness (QED) is 0.517. The van der Waals surface area contributed by atoms with E-state index < -0.39 is 18.0 Å². The number of carbonyl (C=O) groups excluding carboxylic acids is 2. The summed E-state index contributed by atoms with van der Waals surface area (Å²) < 4.78 is 5.26. The van der Waals surface area contributed by atoms with Gasteiger partial charge in [0.1, 0.15) is 12.3 Å². The highest BCUT2D eigenvalue weighted by Gasteiger charge is 2.61. The molecule has 1 saturated heterocycles. The molecule has 4 rings (SSSR count). The number of hydrogen-bond acceptors (Lipinski definition) is 4. The van der Waals surface area contributed by atoms with Gasteiger partial charge in [0, 0.05) is 5.92 Å². The van der Waals surface area contributed by atoms with E-state index in [2.05, 4.69) is 12.6 Å². The van der Waals surface area contributed by atoms with Crippen LogP contribution in [0.5, 0.6) is 0 Å². The zero-order valence-corrected chi connectivity index (χ0v) is 14.1. The highest BCUT2D eigenvalue weighted by Crippen LogP contribution is 2.54. The molecule has 1 amide bonds. The highest BCUT2D eigenvalue weighted by atomic mass is 16.5. The van der Waals surface area contributed by atoms with E-state index in [1.54, 1.807) is 11.8 Å². The minimum Gasteiger partial charge on any atom is -0.457 e. The Balaban J connectivity index is 1.83. The van der Waals surface area contributed by atoms with Gasteiger partial charge in [-0.25, -0.2) is 4.79 Å². The Morgan fingerprint density at radius 3 is 2.96 bits per heavy atom. The maximum absolute atomic E-state index is 12.7. The molecule has 25 heavy (non-hydrogen) atoms. The third kappa shape index (κ3) is 2.19. The van der Waals surface area contributed by atoms with Gasteiger partial charge in [-0.3, -0.25) is 4.79 Å². The summed E-state index contributed by atoms with van der Waals surface area (Å²) >= 11 is 0. The number of hydrogen-bond donors (Lipinski definition) is 1. The van der Waals surface area contributed by atoms with Crippen LogP contribution in [0.3, 0.4) is 0 Å². The van der Waals surface area contributed by atoms with Crippen molar-refractivity contribution in [1.29, 1.82) is 0 Å². The van der Waals surface area contributed by atoms with Gasteiger partial charge in [-0.2, -0.15) is 0 Å². The lowest BCUT2D eigenvalue weighted by Crippen LogP contribution is -2.64. The van der Waals surface area contributed by atoms with Crippen LogP contribution in [0.4, 0.5) is 0 Å². The maximum atomic E-state index is 12.7. The van der Waals surface area contributed by atoms with Gasteiger partial charge >= 0.3 is 5.97 Å². The van der Waals surface area contributed by atoms with E-state index in [0.717, 1.165) is 24.0 Å². The predicted molar refractivity (Wildman–Crippen MR) is 92.1 cm³/mol. The molecule has 1 N–H and O–H groups in total. The van der Waals surface area contributed by atoms with E-state index in [1.807, 2.05) is 18.2 Å². The molecule has 0 bridgehead atoms.